The lowest BCUT2D eigenvalue weighted by Crippen LogP contribution is -2.29. The Morgan fingerprint density at radius 1 is 0.569 bits per heavy atom. The predicted molar refractivity (Wildman–Crippen MR) is 207 cm³/mol. The van der Waals surface area contributed by atoms with Crippen LogP contribution in [0.15, 0.2) is 72.9 Å². The van der Waals surface area contributed by atoms with Gasteiger partial charge in [-0.3, -0.25) is 18.9 Å². The van der Waals surface area contributed by atoms with Crippen LogP contribution in [0.1, 0.15) is 149 Å². The molecule has 0 aliphatic heterocycles. The smallest absolute Gasteiger partial charge is 0.462 e. The van der Waals surface area contributed by atoms with Crippen LogP contribution < -0.4 is 0 Å². The first-order valence-electron chi connectivity index (χ1n) is 19.2. The third-order valence-corrected chi connectivity index (χ3v) is 8.19. The van der Waals surface area contributed by atoms with Crippen molar-refractivity contribution in [2.24, 2.45) is 0 Å². The topological polar surface area (TPSA) is 136 Å². The van der Waals surface area contributed by atoms with E-state index < -0.39 is 39.1 Å². The first-order valence-corrected chi connectivity index (χ1v) is 20.7. The molecule has 0 rings (SSSR count). The van der Waals surface area contributed by atoms with Gasteiger partial charge in [-0.2, -0.15) is 0 Å². The molecule has 51 heavy (non-hydrogen) atoms. The molecule has 0 heterocycles. The van der Waals surface area contributed by atoms with Gasteiger partial charge < -0.3 is 19.3 Å². The maximum Gasteiger partial charge on any atom is 0.469 e. The lowest BCUT2D eigenvalue weighted by Gasteiger charge is -2.18. The first kappa shape index (κ1) is 48.2. The highest BCUT2D eigenvalue weighted by molar-refractivity contribution is 7.46. The van der Waals surface area contributed by atoms with E-state index in [9.17, 15) is 18.9 Å². The van der Waals surface area contributed by atoms with Crippen LogP contribution in [0.5, 0.6) is 0 Å². The van der Waals surface area contributed by atoms with Crippen molar-refractivity contribution in [2.75, 3.05) is 13.2 Å². The maximum atomic E-state index is 12.4. The highest BCUT2D eigenvalue weighted by atomic mass is 31.2. The summed E-state index contributed by atoms with van der Waals surface area (Å²) in [5, 5.41) is 0. The van der Waals surface area contributed by atoms with Crippen LogP contribution in [-0.4, -0.2) is 46.8 Å². The van der Waals surface area contributed by atoms with Crippen molar-refractivity contribution in [1.82, 2.24) is 0 Å². The Labute approximate surface area is 308 Å². The Morgan fingerprint density at radius 2 is 1.10 bits per heavy atom. The summed E-state index contributed by atoms with van der Waals surface area (Å²) in [7, 11) is -4.81. The van der Waals surface area contributed by atoms with E-state index in [-0.39, 0.29) is 31.5 Å². The SMILES string of the molecule is CCCCC/C=C\C/C=C\C/C=C\C=C\C(=O)CCCC(=O)OC[C@H](COP(=O)(O)O)OC(=O)CCCCCCC/C=C\C=C/CCCCCC. The van der Waals surface area contributed by atoms with E-state index in [4.69, 9.17) is 19.3 Å². The van der Waals surface area contributed by atoms with E-state index in [2.05, 4.69) is 67.0 Å². The molecular weight excluding hydrogens is 667 g/mol. The Morgan fingerprint density at radius 3 is 1.78 bits per heavy atom. The van der Waals surface area contributed by atoms with E-state index >= 15 is 0 Å². The van der Waals surface area contributed by atoms with Gasteiger partial charge in [0, 0.05) is 19.3 Å². The predicted octanol–water partition coefficient (Wildman–Crippen LogP) is 10.7. The Bertz CT molecular complexity index is 1110. The zero-order valence-electron chi connectivity index (χ0n) is 31.5. The highest BCUT2D eigenvalue weighted by Gasteiger charge is 2.23. The maximum absolute atomic E-state index is 12.4. The fraction of sp³-hybridized carbons (Fsp3) is 0.634. The molecule has 0 aliphatic carbocycles. The van der Waals surface area contributed by atoms with Crippen molar-refractivity contribution >= 4 is 25.5 Å². The van der Waals surface area contributed by atoms with Crippen LogP contribution in [-0.2, 0) is 32.9 Å². The van der Waals surface area contributed by atoms with Crippen LogP contribution in [0, 0.1) is 0 Å². The van der Waals surface area contributed by atoms with Gasteiger partial charge in [-0.25, -0.2) is 4.57 Å². The van der Waals surface area contributed by atoms with Gasteiger partial charge in [0.1, 0.15) is 6.61 Å². The van der Waals surface area contributed by atoms with Crippen LogP contribution >= 0.6 is 7.82 Å². The van der Waals surface area contributed by atoms with Gasteiger partial charge in [0.15, 0.2) is 11.9 Å². The molecular formula is C41H67O9P. The van der Waals surface area contributed by atoms with Crippen molar-refractivity contribution in [1.29, 1.82) is 0 Å². The van der Waals surface area contributed by atoms with E-state index in [1.807, 2.05) is 12.2 Å². The third kappa shape index (κ3) is 38.2. The molecule has 0 spiro atoms. The molecule has 0 aromatic heterocycles. The zero-order valence-corrected chi connectivity index (χ0v) is 32.4. The second-order valence-electron chi connectivity index (χ2n) is 12.6. The number of carbonyl (C=O) groups is 3. The van der Waals surface area contributed by atoms with E-state index in [1.165, 1.54) is 51.0 Å². The molecule has 290 valence electrons. The number of rotatable bonds is 34. The molecule has 0 bridgehead atoms. The summed E-state index contributed by atoms with van der Waals surface area (Å²) in [5.74, 6) is -1.28. The Hall–Kier alpha value is -2.84. The second-order valence-corrected chi connectivity index (χ2v) is 13.8. The van der Waals surface area contributed by atoms with Crippen LogP contribution in [0.25, 0.3) is 0 Å². The highest BCUT2D eigenvalue weighted by Crippen LogP contribution is 2.36. The molecule has 9 nitrogen and oxygen atoms in total. The summed E-state index contributed by atoms with van der Waals surface area (Å²) in [6, 6.07) is 0. The average Bonchev–Trinajstić information content (AvgIpc) is 3.09. The van der Waals surface area contributed by atoms with Crippen LogP contribution in [0.3, 0.4) is 0 Å². The molecule has 0 unspecified atom stereocenters. The van der Waals surface area contributed by atoms with E-state index in [0.29, 0.717) is 6.42 Å². The monoisotopic (exact) mass is 734 g/mol. The van der Waals surface area contributed by atoms with Gasteiger partial charge in [-0.15, -0.1) is 0 Å². The van der Waals surface area contributed by atoms with Gasteiger partial charge in [0.2, 0.25) is 0 Å². The Kier molecular flexibility index (Phi) is 33.6. The zero-order chi connectivity index (χ0) is 37.7. The second kappa shape index (κ2) is 35.6. The summed E-state index contributed by atoms with van der Waals surface area (Å²) >= 11 is 0. The minimum Gasteiger partial charge on any atom is -0.462 e. The molecule has 0 aromatic carbocycles. The normalized spacial score (nSPS) is 13.2. The largest absolute Gasteiger partial charge is 0.469 e. The molecule has 0 saturated carbocycles. The molecule has 0 saturated heterocycles. The number of ketones is 1. The number of phosphoric acid groups is 1. The number of esters is 2. The number of phosphoric ester groups is 1. The molecule has 2 N–H and O–H groups in total. The number of hydrogen-bond acceptors (Lipinski definition) is 7. The van der Waals surface area contributed by atoms with Crippen LogP contribution in [0.2, 0.25) is 0 Å². The molecule has 0 aromatic rings. The molecule has 0 aliphatic rings. The summed E-state index contributed by atoms with van der Waals surface area (Å²) in [6.45, 7) is 3.39. The lowest BCUT2D eigenvalue weighted by atomic mass is 10.1. The fourth-order valence-electron chi connectivity index (χ4n) is 4.79. The third-order valence-electron chi connectivity index (χ3n) is 7.70. The molecule has 0 amide bonds. The first-order chi connectivity index (χ1) is 24.7. The molecule has 0 fully saturated rings. The van der Waals surface area contributed by atoms with Gasteiger partial charge in [0.05, 0.1) is 6.61 Å². The van der Waals surface area contributed by atoms with Crippen molar-refractivity contribution in [2.45, 2.75) is 155 Å². The fourth-order valence-corrected chi connectivity index (χ4v) is 5.15. The van der Waals surface area contributed by atoms with Crippen molar-refractivity contribution in [3.63, 3.8) is 0 Å². The number of ether oxygens (including phenoxy) is 2. The molecule has 1 atom stereocenters. The Balaban J connectivity index is 4.22. The summed E-state index contributed by atoms with van der Waals surface area (Å²) in [4.78, 5) is 54.8. The standard InChI is InChI=1S/C41H67O9P/c1-3-5-7-9-11-13-15-17-18-20-22-24-26-28-30-34-41(44)50-39(37-49-51(45,46)47)36-48-40(43)35-31-33-38(42)32-29-27-25-23-21-19-16-14-12-10-8-6-4-2/h12-15,17-19,21,25,27,29,32,39H,3-11,16,20,22-24,26,28,30-31,33-37H2,1-2H3,(H2,45,46,47)/b14-12-,15-13-,18-17-,21-19-,27-25-,32-29+/t39-/m1/s1. The number of unbranched alkanes of at least 4 members (excludes halogenated alkanes) is 12. The number of hydrogen-bond donors (Lipinski definition) is 2. The van der Waals surface area contributed by atoms with Gasteiger partial charge >= 0.3 is 19.8 Å². The van der Waals surface area contributed by atoms with Crippen molar-refractivity contribution in [3.8, 4) is 0 Å². The summed E-state index contributed by atoms with van der Waals surface area (Å²) in [6.07, 6.45) is 42.0. The van der Waals surface area contributed by atoms with Crippen LogP contribution in [0.4, 0.5) is 0 Å². The number of carbonyl (C=O) groups excluding carboxylic acids is 3. The summed E-state index contributed by atoms with van der Waals surface area (Å²) in [5.41, 5.74) is 0. The van der Waals surface area contributed by atoms with Gasteiger partial charge in [-0.05, 0) is 70.3 Å². The lowest BCUT2D eigenvalue weighted by molar-refractivity contribution is -0.161. The van der Waals surface area contributed by atoms with E-state index in [0.717, 1.165) is 57.8 Å². The van der Waals surface area contributed by atoms with Crippen molar-refractivity contribution < 1.29 is 42.7 Å². The minimum atomic E-state index is -4.81. The van der Waals surface area contributed by atoms with E-state index in [1.54, 1.807) is 6.08 Å². The quantitative estimate of drug-likeness (QED) is 0.0165. The van der Waals surface area contributed by atoms with Gasteiger partial charge in [-0.1, -0.05) is 132 Å². The average molecular weight is 735 g/mol. The minimum absolute atomic E-state index is 0.0289. The molecule has 0 radical (unpaired) electrons. The van der Waals surface area contributed by atoms with Gasteiger partial charge in [0.25, 0.3) is 0 Å². The molecule has 10 heteroatoms. The summed E-state index contributed by atoms with van der Waals surface area (Å²) < 4.78 is 26.1. The van der Waals surface area contributed by atoms with Crippen molar-refractivity contribution in [3.05, 3.63) is 72.9 Å². The number of allylic oxidation sites excluding steroid dienone is 12.